The molecule has 0 aliphatic heterocycles. The van der Waals surface area contributed by atoms with Gasteiger partial charge in [-0.1, -0.05) is 30.3 Å². The summed E-state index contributed by atoms with van der Waals surface area (Å²) in [6.07, 6.45) is 3.21. The highest BCUT2D eigenvalue weighted by molar-refractivity contribution is 7.98. The SMILES string of the molecule is CSc1ccc(-c2ccccc2NC(=O)c2cn(CF)nc2CF)cc1. The third kappa shape index (κ3) is 3.77. The van der Waals surface area contributed by atoms with E-state index < -0.39 is 19.4 Å². The van der Waals surface area contributed by atoms with Gasteiger partial charge in [0.25, 0.3) is 5.91 Å². The predicted molar refractivity (Wildman–Crippen MR) is 99.8 cm³/mol. The molecule has 2 aromatic carbocycles. The summed E-state index contributed by atoms with van der Waals surface area (Å²) in [7, 11) is 0. The Balaban J connectivity index is 1.90. The minimum absolute atomic E-state index is 0.0256. The van der Waals surface area contributed by atoms with Gasteiger partial charge in [0.2, 0.25) is 0 Å². The van der Waals surface area contributed by atoms with Crippen molar-refractivity contribution in [1.29, 1.82) is 0 Å². The fourth-order valence-electron chi connectivity index (χ4n) is 2.62. The van der Waals surface area contributed by atoms with Crippen molar-refractivity contribution >= 4 is 23.4 Å². The number of carbonyl (C=O) groups is 1. The summed E-state index contributed by atoms with van der Waals surface area (Å²) in [5.41, 5.74) is 2.32. The van der Waals surface area contributed by atoms with Gasteiger partial charge >= 0.3 is 0 Å². The number of thioether (sulfide) groups is 1. The number of rotatable bonds is 6. The summed E-state index contributed by atoms with van der Waals surface area (Å²) in [5.74, 6) is -0.523. The molecular formula is C19H17F2N3OS. The lowest BCUT2D eigenvalue weighted by Gasteiger charge is -2.11. The average molecular weight is 373 g/mol. The average Bonchev–Trinajstić information content (AvgIpc) is 3.12. The van der Waals surface area contributed by atoms with E-state index in [1.807, 2.05) is 42.7 Å². The number of anilines is 1. The summed E-state index contributed by atoms with van der Waals surface area (Å²) in [6.45, 7) is -1.85. The second kappa shape index (κ2) is 8.14. The van der Waals surface area contributed by atoms with Crippen molar-refractivity contribution in [2.24, 2.45) is 0 Å². The number of benzene rings is 2. The molecule has 1 aromatic heterocycles. The molecule has 0 aliphatic carbocycles. The lowest BCUT2D eigenvalue weighted by molar-refractivity contribution is 0.102. The summed E-state index contributed by atoms with van der Waals surface area (Å²) in [5, 5.41) is 6.49. The number of alkyl halides is 2. The Morgan fingerprint density at radius 3 is 2.54 bits per heavy atom. The van der Waals surface area contributed by atoms with Crippen LogP contribution in [0.3, 0.4) is 0 Å². The highest BCUT2D eigenvalue weighted by atomic mass is 32.2. The monoisotopic (exact) mass is 373 g/mol. The molecule has 0 saturated carbocycles. The molecule has 0 bridgehead atoms. The molecule has 1 amide bonds. The zero-order valence-corrected chi connectivity index (χ0v) is 14.9. The van der Waals surface area contributed by atoms with Crippen LogP contribution in [0.15, 0.2) is 59.6 Å². The van der Waals surface area contributed by atoms with Crippen LogP contribution in [0.5, 0.6) is 0 Å². The molecular weight excluding hydrogens is 356 g/mol. The number of nitrogens with zero attached hydrogens (tertiary/aromatic N) is 2. The van der Waals surface area contributed by atoms with Crippen molar-refractivity contribution < 1.29 is 13.6 Å². The molecule has 7 heteroatoms. The fraction of sp³-hybridized carbons (Fsp3) is 0.158. The van der Waals surface area contributed by atoms with Crippen molar-refractivity contribution in [2.45, 2.75) is 18.4 Å². The second-order valence-electron chi connectivity index (χ2n) is 5.51. The number of halogens is 2. The number of amides is 1. The van der Waals surface area contributed by atoms with Crippen LogP contribution in [0.4, 0.5) is 14.5 Å². The molecule has 3 rings (SSSR count). The number of carbonyl (C=O) groups excluding carboxylic acids is 1. The van der Waals surface area contributed by atoms with Crippen molar-refractivity contribution in [2.75, 3.05) is 11.6 Å². The smallest absolute Gasteiger partial charge is 0.259 e. The van der Waals surface area contributed by atoms with Gasteiger partial charge in [-0.15, -0.1) is 11.8 Å². The minimum atomic E-state index is -0.937. The number of para-hydroxylation sites is 1. The van der Waals surface area contributed by atoms with Crippen LogP contribution in [0.1, 0.15) is 16.1 Å². The van der Waals surface area contributed by atoms with Gasteiger partial charge in [-0.05, 0) is 30.0 Å². The van der Waals surface area contributed by atoms with Gasteiger partial charge in [-0.2, -0.15) is 5.10 Å². The maximum absolute atomic E-state index is 13.1. The van der Waals surface area contributed by atoms with Crippen LogP contribution in [0, 0.1) is 0 Å². The molecule has 1 heterocycles. The zero-order chi connectivity index (χ0) is 18.5. The van der Waals surface area contributed by atoms with Gasteiger partial charge in [-0.3, -0.25) is 4.79 Å². The van der Waals surface area contributed by atoms with Crippen molar-refractivity contribution in [3.8, 4) is 11.1 Å². The summed E-state index contributed by atoms with van der Waals surface area (Å²) in [4.78, 5) is 13.7. The van der Waals surface area contributed by atoms with Crippen LogP contribution >= 0.6 is 11.8 Å². The van der Waals surface area contributed by atoms with Crippen LogP contribution in [0.2, 0.25) is 0 Å². The van der Waals surface area contributed by atoms with Crippen molar-refractivity contribution in [3.05, 3.63) is 66.0 Å². The first-order valence-corrected chi connectivity index (χ1v) is 9.11. The fourth-order valence-corrected chi connectivity index (χ4v) is 3.02. The van der Waals surface area contributed by atoms with Gasteiger partial charge in [0.05, 0.1) is 5.56 Å². The Morgan fingerprint density at radius 1 is 1.15 bits per heavy atom. The van der Waals surface area contributed by atoms with Gasteiger partial charge < -0.3 is 5.32 Å². The number of aromatic nitrogens is 2. The van der Waals surface area contributed by atoms with E-state index in [2.05, 4.69) is 10.4 Å². The van der Waals surface area contributed by atoms with E-state index >= 15 is 0 Å². The van der Waals surface area contributed by atoms with Gasteiger partial charge in [0.15, 0.2) is 6.80 Å². The molecule has 3 aromatic rings. The molecule has 0 aliphatic rings. The first-order valence-electron chi connectivity index (χ1n) is 7.89. The van der Waals surface area contributed by atoms with Gasteiger partial charge in [-0.25, -0.2) is 13.5 Å². The van der Waals surface area contributed by atoms with E-state index in [1.165, 1.54) is 6.20 Å². The molecule has 1 N–H and O–H groups in total. The quantitative estimate of drug-likeness (QED) is 0.624. The molecule has 0 unspecified atom stereocenters. The largest absolute Gasteiger partial charge is 0.321 e. The van der Waals surface area contributed by atoms with E-state index in [0.29, 0.717) is 5.69 Å². The lowest BCUT2D eigenvalue weighted by Crippen LogP contribution is -2.13. The van der Waals surface area contributed by atoms with Crippen LogP contribution < -0.4 is 5.32 Å². The topological polar surface area (TPSA) is 46.9 Å². The van der Waals surface area contributed by atoms with Gasteiger partial charge in [0, 0.05) is 22.3 Å². The van der Waals surface area contributed by atoms with E-state index in [4.69, 9.17) is 0 Å². The summed E-state index contributed by atoms with van der Waals surface area (Å²) < 4.78 is 26.7. The molecule has 0 spiro atoms. The third-order valence-electron chi connectivity index (χ3n) is 3.91. The van der Waals surface area contributed by atoms with E-state index in [9.17, 15) is 13.6 Å². The molecule has 134 valence electrons. The Morgan fingerprint density at radius 2 is 1.88 bits per heavy atom. The highest BCUT2D eigenvalue weighted by Crippen LogP contribution is 2.30. The summed E-state index contributed by atoms with van der Waals surface area (Å²) in [6, 6.07) is 15.3. The van der Waals surface area contributed by atoms with Crippen LogP contribution in [-0.4, -0.2) is 21.9 Å². The van der Waals surface area contributed by atoms with E-state index in [-0.39, 0.29) is 11.3 Å². The zero-order valence-electron chi connectivity index (χ0n) is 14.1. The Labute approximate surface area is 154 Å². The van der Waals surface area contributed by atoms with E-state index in [0.717, 1.165) is 20.7 Å². The molecule has 26 heavy (non-hydrogen) atoms. The maximum atomic E-state index is 13.1. The number of hydrogen-bond donors (Lipinski definition) is 1. The molecule has 0 radical (unpaired) electrons. The van der Waals surface area contributed by atoms with Gasteiger partial charge in [0.1, 0.15) is 12.4 Å². The molecule has 0 saturated heterocycles. The first kappa shape index (κ1) is 18.1. The second-order valence-corrected chi connectivity index (χ2v) is 6.39. The molecule has 4 nitrogen and oxygen atoms in total. The minimum Gasteiger partial charge on any atom is -0.321 e. The Hall–Kier alpha value is -2.67. The Kier molecular flexibility index (Phi) is 5.68. The molecule has 0 fully saturated rings. The maximum Gasteiger partial charge on any atom is 0.259 e. The van der Waals surface area contributed by atoms with Crippen molar-refractivity contribution in [1.82, 2.24) is 9.78 Å². The Bertz CT molecular complexity index is 909. The standard InChI is InChI=1S/C19H17F2N3OS/c1-26-14-8-6-13(7-9-14)15-4-2-3-5-17(15)22-19(25)16-11-24(12-21)23-18(16)10-20/h2-9,11H,10,12H2,1H3,(H,22,25). The lowest BCUT2D eigenvalue weighted by atomic mass is 10.0. The summed E-state index contributed by atoms with van der Waals surface area (Å²) >= 11 is 1.65. The number of nitrogens with one attached hydrogen (secondary N) is 1. The molecule has 0 atom stereocenters. The van der Waals surface area contributed by atoms with E-state index in [1.54, 1.807) is 23.9 Å². The van der Waals surface area contributed by atoms with Crippen LogP contribution in [-0.2, 0) is 13.5 Å². The van der Waals surface area contributed by atoms with Crippen molar-refractivity contribution in [3.63, 3.8) is 0 Å². The number of hydrogen-bond acceptors (Lipinski definition) is 3. The third-order valence-corrected chi connectivity index (χ3v) is 4.65. The highest BCUT2D eigenvalue weighted by Gasteiger charge is 2.18. The predicted octanol–water partition coefficient (Wildman–Crippen LogP) is 4.92. The normalized spacial score (nSPS) is 10.7. The first-order chi connectivity index (χ1) is 12.7. The van der Waals surface area contributed by atoms with Crippen LogP contribution in [0.25, 0.3) is 11.1 Å².